The highest BCUT2D eigenvalue weighted by atomic mass is 16.5. The molecule has 0 aromatic carbocycles. The first-order chi connectivity index (χ1) is 9.31. The number of urea groups is 1. The van der Waals surface area contributed by atoms with Crippen molar-refractivity contribution in [1.82, 2.24) is 15.4 Å². The van der Waals surface area contributed by atoms with Gasteiger partial charge in [-0.15, -0.1) is 0 Å². The minimum Gasteiger partial charge on any atom is -0.363 e. The molecule has 2 amide bonds. The Morgan fingerprint density at radius 2 is 2.21 bits per heavy atom. The van der Waals surface area contributed by atoms with Gasteiger partial charge in [-0.2, -0.15) is 5.10 Å². The van der Waals surface area contributed by atoms with Crippen molar-refractivity contribution < 1.29 is 9.32 Å². The van der Waals surface area contributed by atoms with Gasteiger partial charge in [0, 0.05) is 17.7 Å². The third-order valence-corrected chi connectivity index (χ3v) is 3.32. The Bertz CT molecular complexity index is 542. The zero-order chi connectivity index (χ0) is 13.1. The Hall–Kier alpha value is -2.31. The van der Waals surface area contributed by atoms with Crippen molar-refractivity contribution in [2.75, 3.05) is 10.6 Å². The van der Waals surface area contributed by atoms with E-state index in [0.717, 1.165) is 5.69 Å². The summed E-state index contributed by atoms with van der Waals surface area (Å²) in [5.41, 5.74) is 1.60. The average molecular weight is 261 g/mol. The highest BCUT2D eigenvalue weighted by Gasteiger charge is 2.19. The number of rotatable bonds is 3. The summed E-state index contributed by atoms with van der Waals surface area (Å²) >= 11 is 0. The Balaban J connectivity index is 1.59. The summed E-state index contributed by atoms with van der Waals surface area (Å²) in [7, 11) is 0. The normalized spacial score (nSPS) is 15.6. The van der Waals surface area contributed by atoms with E-state index in [0.29, 0.717) is 17.4 Å². The smallest absolute Gasteiger partial charge is 0.325 e. The standard InChI is InChI=1S/C12H15N5O2/c18-12(14-9-6-13-19-7-9)15-11-5-10(16-17-11)8-3-1-2-4-8/h5-8H,1-4H2,(H3,14,15,16,17,18). The van der Waals surface area contributed by atoms with E-state index in [-0.39, 0.29) is 6.03 Å². The molecule has 0 atom stereocenters. The number of nitrogens with zero attached hydrogens (tertiary/aromatic N) is 2. The minimum atomic E-state index is -0.368. The lowest BCUT2D eigenvalue weighted by atomic mass is 10.0. The number of H-pyrrole nitrogens is 1. The van der Waals surface area contributed by atoms with Crippen LogP contribution in [0, 0.1) is 0 Å². The molecule has 7 heteroatoms. The number of hydrogen-bond acceptors (Lipinski definition) is 4. The molecule has 3 N–H and O–H groups in total. The van der Waals surface area contributed by atoms with Gasteiger partial charge in [-0.25, -0.2) is 4.79 Å². The maximum atomic E-state index is 11.7. The number of nitrogens with one attached hydrogen (secondary N) is 3. The van der Waals surface area contributed by atoms with Crippen LogP contribution in [0.3, 0.4) is 0 Å². The summed E-state index contributed by atoms with van der Waals surface area (Å²) in [4.78, 5) is 11.7. The Labute approximate surface area is 109 Å². The van der Waals surface area contributed by atoms with E-state index >= 15 is 0 Å². The Morgan fingerprint density at radius 1 is 1.37 bits per heavy atom. The van der Waals surface area contributed by atoms with E-state index in [2.05, 4.69) is 30.5 Å². The lowest BCUT2D eigenvalue weighted by Crippen LogP contribution is -2.19. The molecule has 0 aliphatic heterocycles. The van der Waals surface area contributed by atoms with Crippen molar-refractivity contribution in [3.8, 4) is 0 Å². The van der Waals surface area contributed by atoms with Gasteiger partial charge in [-0.1, -0.05) is 18.0 Å². The van der Waals surface area contributed by atoms with Crippen molar-refractivity contribution in [1.29, 1.82) is 0 Å². The third-order valence-electron chi connectivity index (χ3n) is 3.32. The van der Waals surface area contributed by atoms with E-state index in [1.807, 2.05) is 6.07 Å². The van der Waals surface area contributed by atoms with Crippen LogP contribution in [-0.4, -0.2) is 21.4 Å². The first-order valence-corrected chi connectivity index (χ1v) is 6.34. The van der Waals surface area contributed by atoms with Crippen molar-refractivity contribution in [2.24, 2.45) is 0 Å². The quantitative estimate of drug-likeness (QED) is 0.791. The zero-order valence-corrected chi connectivity index (χ0v) is 10.3. The molecular formula is C12H15N5O2. The molecule has 2 aromatic rings. The van der Waals surface area contributed by atoms with Gasteiger partial charge in [0.15, 0.2) is 5.82 Å². The second-order valence-corrected chi connectivity index (χ2v) is 4.68. The molecule has 2 aromatic heterocycles. The molecule has 7 nitrogen and oxygen atoms in total. The van der Waals surface area contributed by atoms with Crippen LogP contribution in [0.15, 0.2) is 23.0 Å². The van der Waals surface area contributed by atoms with Gasteiger partial charge in [0.2, 0.25) is 0 Å². The molecule has 1 fully saturated rings. The highest BCUT2D eigenvalue weighted by molar-refractivity contribution is 5.98. The molecule has 0 bridgehead atoms. The fraction of sp³-hybridized carbons (Fsp3) is 0.417. The number of aromatic amines is 1. The molecule has 19 heavy (non-hydrogen) atoms. The number of carbonyl (C=O) groups excluding carboxylic acids is 1. The minimum absolute atomic E-state index is 0.368. The van der Waals surface area contributed by atoms with Crippen LogP contribution in [0.4, 0.5) is 16.3 Å². The molecule has 0 saturated heterocycles. The summed E-state index contributed by atoms with van der Waals surface area (Å²) in [6.45, 7) is 0. The van der Waals surface area contributed by atoms with E-state index in [1.165, 1.54) is 38.1 Å². The second-order valence-electron chi connectivity index (χ2n) is 4.68. The second kappa shape index (κ2) is 5.13. The first kappa shape index (κ1) is 11.8. The molecule has 1 saturated carbocycles. The van der Waals surface area contributed by atoms with Crippen molar-refractivity contribution in [2.45, 2.75) is 31.6 Å². The van der Waals surface area contributed by atoms with E-state index < -0.39 is 0 Å². The summed E-state index contributed by atoms with van der Waals surface area (Å²) < 4.78 is 4.62. The average Bonchev–Trinajstić information content (AvgIpc) is 3.09. The highest BCUT2D eigenvalue weighted by Crippen LogP contribution is 2.33. The maximum absolute atomic E-state index is 11.7. The van der Waals surface area contributed by atoms with Gasteiger partial charge in [0.05, 0.1) is 6.20 Å². The van der Waals surface area contributed by atoms with Gasteiger partial charge < -0.3 is 9.84 Å². The Morgan fingerprint density at radius 3 is 2.95 bits per heavy atom. The largest absolute Gasteiger partial charge is 0.363 e. The summed E-state index contributed by atoms with van der Waals surface area (Å²) in [6, 6.07) is 1.52. The van der Waals surface area contributed by atoms with Crippen molar-refractivity contribution in [3.05, 3.63) is 24.2 Å². The van der Waals surface area contributed by atoms with E-state index in [1.54, 1.807) is 0 Å². The molecule has 0 radical (unpaired) electrons. The van der Waals surface area contributed by atoms with Crippen LogP contribution in [0.5, 0.6) is 0 Å². The lowest BCUT2D eigenvalue weighted by Gasteiger charge is -2.03. The summed E-state index contributed by atoms with van der Waals surface area (Å²) in [5.74, 6) is 1.07. The molecule has 1 aliphatic rings. The van der Waals surface area contributed by atoms with Crippen molar-refractivity contribution >= 4 is 17.5 Å². The zero-order valence-electron chi connectivity index (χ0n) is 10.3. The van der Waals surface area contributed by atoms with Gasteiger partial charge in [0.25, 0.3) is 0 Å². The fourth-order valence-electron chi connectivity index (χ4n) is 2.39. The number of anilines is 2. The predicted octanol–water partition coefficient (Wildman–Crippen LogP) is 2.70. The van der Waals surface area contributed by atoms with Crippen LogP contribution >= 0.6 is 0 Å². The third kappa shape index (κ3) is 2.75. The first-order valence-electron chi connectivity index (χ1n) is 6.34. The number of hydrogen-bond donors (Lipinski definition) is 3. The molecule has 3 rings (SSSR count). The van der Waals surface area contributed by atoms with Crippen LogP contribution in [0.1, 0.15) is 37.3 Å². The van der Waals surface area contributed by atoms with E-state index in [9.17, 15) is 4.79 Å². The van der Waals surface area contributed by atoms with Gasteiger partial charge in [-0.05, 0) is 12.8 Å². The van der Waals surface area contributed by atoms with Crippen molar-refractivity contribution in [3.63, 3.8) is 0 Å². The topological polar surface area (TPSA) is 95.8 Å². The van der Waals surface area contributed by atoms with Gasteiger partial charge >= 0.3 is 6.03 Å². The lowest BCUT2D eigenvalue weighted by molar-refractivity contribution is 0.262. The molecule has 100 valence electrons. The maximum Gasteiger partial charge on any atom is 0.325 e. The molecule has 0 spiro atoms. The van der Waals surface area contributed by atoms with E-state index in [4.69, 9.17) is 0 Å². The molecular weight excluding hydrogens is 246 g/mol. The molecule has 0 unspecified atom stereocenters. The van der Waals surface area contributed by atoms with Crippen LogP contribution in [0.2, 0.25) is 0 Å². The summed E-state index contributed by atoms with van der Waals surface area (Å²) in [6.07, 6.45) is 7.69. The van der Waals surface area contributed by atoms with Gasteiger partial charge in [-0.3, -0.25) is 10.4 Å². The SMILES string of the molecule is O=C(Nc1cnoc1)Nc1cc(C2CCCC2)[nH]n1. The van der Waals surface area contributed by atoms with Crippen LogP contribution in [0.25, 0.3) is 0 Å². The number of carbonyl (C=O) groups is 1. The number of amides is 2. The Kier molecular flexibility index (Phi) is 3.18. The fourth-order valence-corrected chi connectivity index (χ4v) is 2.39. The summed E-state index contributed by atoms with van der Waals surface area (Å²) in [5, 5.41) is 15.8. The van der Waals surface area contributed by atoms with Crippen LogP contribution in [-0.2, 0) is 0 Å². The predicted molar refractivity (Wildman–Crippen MR) is 68.9 cm³/mol. The molecule has 2 heterocycles. The monoisotopic (exact) mass is 261 g/mol. The molecule has 1 aliphatic carbocycles. The van der Waals surface area contributed by atoms with Crippen LogP contribution < -0.4 is 10.6 Å². The number of aromatic nitrogens is 3. The van der Waals surface area contributed by atoms with Gasteiger partial charge in [0.1, 0.15) is 12.0 Å².